The van der Waals surface area contributed by atoms with E-state index >= 15 is 0 Å². The second-order valence-corrected chi connectivity index (χ2v) is 11.2. The Morgan fingerprint density at radius 2 is 0.886 bits per heavy atom. The molecule has 4 heteroatoms. The van der Waals surface area contributed by atoms with Crippen molar-refractivity contribution in [1.82, 2.24) is 0 Å². The van der Waals surface area contributed by atoms with Gasteiger partial charge in [0, 0.05) is 12.8 Å². The minimum absolute atomic E-state index is 0.323. The van der Waals surface area contributed by atoms with Gasteiger partial charge in [-0.05, 0) is 50.4 Å². The number of carboxylic acid groups (broad SMARTS) is 2. The summed E-state index contributed by atoms with van der Waals surface area (Å²) in [6.07, 6.45) is 35.9. The van der Waals surface area contributed by atoms with Crippen LogP contribution in [0.3, 0.4) is 0 Å². The minimum Gasteiger partial charge on any atom is -0.481 e. The van der Waals surface area contributed by atoms with Gasteiger partial charge in [0.1, 0.15) is 0 Å². The van der Waals surface area contributed by atoms with Gasteiger partial charge in [0.2, 0.25) is 0 Å². The van der Waals surface area contributed by atoms with Gasteiger partial charge in [0.25, 0.3) is 0 Å². The average Bonchev–Trinajstić information content (AvgIpc) is 2.83. The molecule has 0 spiro atoms. The fraction of sp³-hybridized carbons (Fsp3) is 0.871. The summed E-state index contributed by atoms with van der Waals surface area (Å²) in [5.74, 6) is -1.32. The van der Waals surface area contributed by atoms with E-state index in [2.05, 4.69) is 12.2 Å². The van der Waals surface area contributed by atoms with E-state index in [0.717, 1.165) is 25.7 Å². The molecule has 0 aromatic heterocycles. The molecule has 1 aliphatic carbocycles. The third kappa shape index (κ3) is 19.5. The van der Waals surface area contributed by atoms with E-state index in [1.807, 2.05) is 0 Å². The third-order valence-electron chi connectivity index (χ3n) is 7.90. The summed E-state index contributed by atoms with van der Waals surface area (Å²) in [5.41, 5.74) is 0.434. The topological polar surface area (TPSA) is 74.6 Å². The maximum Gasteiger partial charge on any atom is 0.303 e. The van der Waals surface area contributed by atoms with Crippen molar-refractivity contribution in [2.24, 2.45) is 5.41 Å². The molecule has 1 atom stereocenters. The van der Waals surface area contributed by atoms with E-state index in [1.54, 1.807) is 0 Å². The first-order valence-electron chi connectivity index (χ1n) is 15.2. The van der Waals surface area contributed by atoms with Crippen molar-refractivity contribution < 1.29 is 19.8 Å². The third-order valence-corrected chi connectivity index (χ3v) is 7.90. The van der Waals surface area contributed by atoms with Gasteiger partial charge in [-0.15, -0.1) is 0 Å². The smallest absolute Gasteiger partial charge is 0.303 e. The van der Waals surface area contributed by atoms with Crippen LogP contribution >= 0.6 is 0 Å². The summed E-state index contributed by atoms with van der Waals surface area (Å²) in [4.78, 5) is 21.1. The van der Waals surface area contributed by atoms with E-state index in [-0.39, 0.29) is 0 Å². The van der Waals surface area contributed by atoms with Crippen LogP contribution in [0.5, 0.6) is 0 Å². The van der Waals surface area contributed by atoms with Crippen LogP contribution in [0.25, 0.3) is 0 Å². The molecule has 0 bridgehead atoms. The lowest BCUT2D eigenvalue weighted by Gasteiger charge is -2.34. The van der Waals surface area contributed by atoms with E-state index in [1.165, 1.54) is 128 Å². The molecule has 0 aromatic carbocycles. The normalized spacial score (nSPS) is 17.6. The Kier molecular flexibility index (Phi) is 19.9. The van der Waals surface area contributed by atoms with Gasteiger partial charge in [-0.25, -0.2) is 0 Å². The molecule has 204 valence electrons. The van der Waals surface area contributed by atoms with Crippen molar-refractivity contribution >= 4 is 11.9 Å². The highest BCUT2D eigenvalue weighted by Crippen LogP contribution is 2.41. The lowest BCUT2D eigenvalue weighted by Crippen LogP contribution is -2.20. The lowest BCUT2D eigenvalue weighted by molar-refractivity contribution is -0.138. The number of carbonyl (C=O) groups is 2. The van der Waals surface area contributed by atoms with Gasteiger partial charge in [-0.3, -0.25) is 9.59 Å². The Hall–Kier alpha value is -1.32. The van der Waals surface area contributed by atoms with Gasteiger partial charge in [0.05, 0.1) is 0 Å². The van der Waals surface area contributed by atoms with Gasteiger partial charge in [-0.1, -0.05) is 121 Å². The minimum atomic E-state index is -0.662. The van der Waals surface area contributed by atoms with E-state index < -0.39 is 11.9 Å². The molecule has 0 heterocycles. The molecule has 0 saturated heterocycles. The van der Waals surface area contributed by atoms with Gasteiger partial charge < -0.3 is 10.2 Å². The monoisotopic (exact) mass is 492 g/mol. The molecule has 1 rings (SSSR count). The van der Waals surface area contributed by atoms with Crippen molar-refractivity contribution in [3.8, 4) is 0 Å². The zero-order valence-corrected chi connectivity index (χ0v) is 22.8. The molecule has 1 unspecified atom stereocenters. The Morgan fingerprint density at radius 3 is 1.20 bits per heavy atom. The fourth-order valence-corrected chi connectivity index (χ4v) is 5.69. The van der Waals surface area contributed by atoms with Crippen LogP contribution in [0.2, 0.25) is 0 Å². The van der Waals surface area contributed by atoms with Gasteiger partial charge in [0.15, 0.2) is 0 Å². The van der Waals surface area contributed by atoms with Crippen LogP contribution < -0.4 is 0 Å². The summed E-state index contributed by atoms with van der Waals surface area (Å²) in [6.45, 7) is 0. The first kappa shape index (κ1) is 31.7. The number of aliphatic carboxylic acids is 2. The van der Waals surface area contributed by atoms with Crippen molar-refractivity contribution in [3.05, 3.63) is 12.2 Å². The number of carboxylic acids is 2. The molecule has 0 radical (unpaired) electrons. The zero-order valence-electron chi connectivity index (χ0n) is 22.8. The van der Waals surface area contributed by atoms with Crippen LogP contribution in [0.1, 0.15) is 167 Å². The van der Waals surface area contributed by atoms with E-state index in [0.29, 0.717) is 18.3 Å². The first-order chi connectivity index (χ1) is 17.0. The molecular formula is C31H56O4. The summed E-state index contributed by atoms with van der Waals surface area (Å²) in [6, 6.07) is 0. The van der Waals surface area contributed by atoms with Gasteiger partial charge >= 0.3 is 11.9 Å². The van der Waals surface area contributed by atoms with Crippen LogP contribution in [0.4, 0.5) is 0 Å². The quantitative estimate of drug-likeness (QED) is 0.0982. The molecule has 2 N–H and O–H groups in total. The predicted molar refractivity (Wildman–Crippen MR) is 147 cm³/mol. The Bertz CT molecular complexity index is 556. The standard InChI is InChI=1S/C31H56O4/c32-29(33)23-17-12-10-8-6-4-2-1-3-5-7-9-11-14-19-25-31(27-21-16-22-28-31)26-20-15-13-18-24-30(34)35/h21,27H,1-20,22-26,28H2,(H,32,33)(H,34,35). The highest BCUT2D eigenvalue weighted by molar-refractivity contribution is 5.66. The van der Waals surface area contributed by atoms with Crippen LogP contribution in [-0.2, 0) is 9.59 Å². The average molecular weight is 493 g/mol. The summed E-state index contributed by atoms with van der Waals surface area (Å²) < 4.78 is 0. The Morgan fingerprint density at radius 1 is 0.543 bits per heavy atom. The number of hydrogen-bond acceptors (Lipinski definition) is 2. The van der Waals surface area contributed by atoms with E-state index in [9.17, 15) is 9.59 Å². The molecule has 4 nitrogen and oxygen atoms in total. The van der Waals surface area contributed by atoms with E-state index in [4.69, 9.17) is 10.2 Å². The Labute approximate surface area is 216 Å². The number of rotatable bonds is 25. The van der Waals surface area contributed by atoms with Crippen molar-refractivity contribution in [1.29, 1.82) is 0 Å². The molecule has 0 aliphatic heterocycles. The predicted octanol–water partition coefficient (Wildman–Crippen LogP) is 9.85. The first-order valence-corrected chi connectivity index (χ1v) is 15.2. The summed E-state index contributed by atoms with van der Waals surface area (Å²) >= 11 is 0. The number of allylic oxidation sites excluding steroid dienone is 2. The largest absolute Gasteiger partial charge is 0.481 e. The second-order valence-electron chi connectivity index (χ2n) is 11.2. The zero-order chi connectivity index (χ0) is 25.5. The van der Waals surface area contributed by atoms with Crippen molar-refractivity contribution in [2.45, 2.75) is 167 Å². The summed E-state index contributed by atoms with van der Waals surface area (Å²) in [7, 11) is 0. The molecule has 35 heavy (non-hydrogen) atoms. The maximum atomic E-state index is 10.7. The number of hydrogen-bond donors (Lipinski definition) is 2. The van der Waals surface area contributed by atoms with Crippen LogP contribution in [0.15, 0.2) is 12.2 Å². The molecule has 0 amide bonds. The lowest BCUT2D eigenvalue weighted by atomic mass is 9.71. The molecule has 0 aromatic rings. The van der Waals surface area contributed by atoms with Crippen LogP contribution in [0, 0.1) is 5.41 Å². The summed E-state index contributed by atoms with van der Waals surface area (Å²) in [5, 5.41) is 17.4. The molecular weight excluding hydrogens is 436 g/mol. The fourth-order valence-electron chi connectivity index (χ4n) is 5.69. The van der Waals surface area contributed by atoms with Crippen molar-refractivity contribution in [3.63, 3.8) is 0 Å². The molecule has 0 saturated carbocycles. The Balaban J connectivity index is 1.93. The molecule has 1 aliphatic rings. The highest BCUT2D eigenvalue weighted by Gasteiger charge is 2.27. The highest BCUT2D eigenvalue weighted by atomic mass is 16.4. The number of unbranched alkanes of at least 4 members (excludes halogenated alkanes) is 17. The SMILES string of the molecule is O=C(O)CCCCCCCCCCCCCCCCCC1(CCCCCCC(=O)O)C=CCCC1. The van der Waals surface area contributed by atoms with Gasteiger partial charge in [-0.2, -0.15) is 0 Å². The second kappa shape index (κ2) is 21.9. The van der Waals surface area contributed by atoms with Crippen LogP contribution in [-0.4, -0.2) is 22.2 Å². The molecule has 0 fully saturated rings. The maximum absolute atomic E-state index is 10.7. The van der Waals surface area contributed by atoms with Crippen molar-refractivity contribution in [2.75, 3.05) is 0 Å².